The van der Waals surface area contributed by atoms with Crippen LogP contribution < -0.4 is 10.2 Å². The third kappa shape index (κ3) is 5.37. The second-order valence-corrected chi connectivity index (χ2v) is 5.29. The fourth-order valence-electron chi connectivity index (χ4n) is 1.82. The summed E-state index contributed by atoms with van der Waals surface area (Å²) in [5, 5.41) is 12.6. The Hall–Kier alpha value is -1.57. The zero-order chi connectivity index (χ0) is 16.3. The highest BCUT2D eigenvalue weighted by Crippen LogP contribution is 2.29. The van der Waals surface area contributed by atoms with Crippen LogP contribution in [0.4, 0.5) is 24.8 Å². The second kappa shape index (κ2) is 6.46. The molecule has 0 fully saturated rings. The third-order valence-electron chi connectivity index (χ3n) is 2.61. The van der Waals surface area contributed by atoms with Gasteiger partial charge in [-0.3, -0.25) is 0 Å². The molecule has 0 amide bonds. The van der Waals surface area contributed by atoms with E-state index >= 15 is 0 Å². The highest BCUT2D eigenvalue weighted by Gasteiger charge is 2.36. The van der Waals surface area contributed by atoms with Crippen LogP contribution in [0.2, 0.25) is 0 Å². The zero-order valence-corrected chi connectivity index (χ0v) is 12.6. The maximum absolute atomic E-state index is 12.9. The van der Waals surface area contributed by atoms with Gasteiger partial charge in [-0.2, -0.15) is 13.2 Å². The molecule has 120 valence electrons. The molecule has 0 aliphatic carbocycles. The number of anilines is 2. The van der Waals surface area contributed by atoms with Gasteiger partial charge in [0.05, 0.1) is 5.60 Å². The number of nitrogens with one attached hydrogen (secondary N) is 1. The minimum Gasteiger partial charge on any atom is -0.389 e. The molecule has 0 bridgehead atoms. The summed E-state index contributed by atoms with van der Waals surface area (Å²) < 4.78 is 38.6. The standard InChI is InChI=1S/C13H21F3N4O/c1-5-17-9-7-10(19-11(18-9)13(14,15)16)20(6-2)8-12(3,4)21/h7,21H,5-6,8H2,1-4H3,(H,17,18,19). The van der Waals surface area contributed by atoms with Crippen molar-refractivity contribution < 1.29 is 18.3 Å². The summed E-state index contributed by atoms with van der Waals surface area (Å²) in [7, 11) is 0. The fraction of sp³-hybridized carbons (Fsp3) is 0.692. The van der Waals surface area contributed by atoms with Gasteiger partial charge in [0.25, 0.3) is 0 Å². The Labute approximate surface area is 122 Å². The normalized spacial score (nSPS) is 12.4. The van der Waals surface area contributed by atoms with Gasteiger partial charge >= 0.3 is 6.18 Å². The van der Waals surface area contributed by atoms with Crippen LogP contribution in [-0.4, -0.2) is 40.3 Å². The van der Waals surface area contributed by atoms with Gasteiger partial charge in [-0.25, -0.2) is 9.97 Å². The predicted octanol–water partition coefficient (Wildman–Crippen LogP) is 2.52. The van der Waals surface area contributed by atoms with Gasteiger partial charge in [0, 0.05) is 25.7 Å². The van der Waals surface area contributed by atoms with Crippen LogP contribution in [0.3, 0.4) is 0 Å². The molecule has 1 aromatic rings. The predicted molar refractivity (Wildman–Crippen MR) is 75.4 cm³/mol. The first-order chi connectivity index (χ1) is 9.56. The van der Waals surface area contributed by atoms with E-state index in [0.717, 1.165) is 0 Å². The van der Waals surface area contributed by atoms with E-state index in [1.54, 1.807) is 32.6 Å². The molecular weight excluding hydrogens is 285 g/mol. The molecule has 0 radical (unpaired) electrons. The quantitative estimate of drug-likeness (QED) is 0.845. The van der Waals surface area contributed by atoms with Crippen LogP contribution in [0.5, 0.6) is 0 Å². The van der Waals surface area contributed by atoms with E-state index in [0.29, 0.717) is 13.1 Å². The first kappa shape index (κ1) is 17.5. The van der Waals surface area contributed by atoms with Crippen molar-refractivity contribution in [1.82, 2.24) is 9.97 Å². The summed E-state index contributed by atoms with van der Waals surface area (Å²) >= 11 is 0. The first-order valence-electron chi connectivity index (χ1n) is 6.74. The molecule has 0 saturated carbocycles. The maximum Gasteiger partial charge on any atom is 0.451 e. The average Bonchev–Trinajstić information content (AvgIpc) is 2.34. The van der Waals surface area contributed by atoms with Gasteiger partial charge in [0.2, 0.25) is 5.82 Å². The molecule has 0 aromatic carbocycles. The van der Waals surface area contributed by atoms with Crippen LogP contribution in [-0.2, 0) is 6.18 Å². The topological polar surface area (TPSA) is 61.3 Å². The number of hydrogen-bond donors (Lipinski definition) is 2. The monoisotopic (exact) mass is 306 g/mol. The van der Waals surface area contributed by atoms with Crippen molar-refractivity contribution in [3.8, 4) is 0 Å². The zero-order valence-electron chi connectivity index (χ0n) is 12.6. The highest BCUT2D eigenvalue weighted by atomic mass is 19.4. The number of alkyl halides is 3. The van der Waals surface area contributed by atoms with Crippen LogP contribution >= 0.6 is 0 Å². The van der Waals surface area contributed by atoms with Gasteiger partial charge in [-0.05, 0) is 27.7 Å². The summed E-state index contributed by atoms with van der Waals surface area (Å²) in [4.78, 5) is 8.63. The average molecular weight is 306 g/mol. The summed E-state index contributed by atoms with van der Waals surface area (Å²) in [5.74, 6) is -0.938. The molecule has 21 heavy (non-hydrogen) atoms. The molecule has 0 unspecified atom stereocenters. The molecule has 0 atom stereocenters. The number of rotatable bonds is 6. The Morgan fingerprint density at radius 1 is 1.24 bits per heavy atom. The number of halogens is 3. The van der Waals surface area contributed by atoms with Crippen LogP contribution in [0.25, 0.3) is 0 Å². The minimum absolute atomic E-state index is 0.115. The molecule has 2 N–H and O–H groups in total. The Bertz CT molecular complexity index is 471. The number of hydrogen-bond acceptors (Lipinski definition) is 5. The van der Waals surface area contributed by atoms with Crippen LogP contribution in [0, 0.1) is 0 Å². The summed E-state index contributed by atoms with van der Waals surface area (Å²) in [5.41, 5.74) is -1.04. The van der Waals surface area contributed by atoms with E-state index in [2.05, 4.69) is 15.3 Å². The lowest BCUT2D eigenvalue weighted by Crippen LogP contribution is -2.39. The van der Waals surface area contributed by atoms with E-state index in [-0.39, 0.29) is 18.2 Å². The molecule has 1 rings (SSSR count). The Morgan fingerprint density at radius 2 is 1.86 bits per heavy atom. The van der Waals surface area contributed by atoms with E-state index in [1.807, 2.05) is 0 Å². The van der Waals surface area contributed by atoms with Crippen molar-refractivity contribution in [3.63, 3.8) is 0 Å². The van der Waals surface area contributed by atoms with Crippen molar-refractivity contribution in [2.24, 2.45) is 0 Å². The summed E-state index contributed by atoms with van der Waals surface area (Å²) in [6.07, 6.45) is -4.62. The maximum atomic E-state index is 12.9. The Kier molecular flexibility index (Phi) is 5.38. The SMILES string of the molecule is CCNc1cc(N(CC)CC(C)(C)O)nc(C(F)(F)F)n1. The number of likely N-dealkylation sites (N-methyl/N-ethyl adjacent to an activating group) is 1. The highest BCUT2D eigenvalue weighted by molar-refractivity contribution is 5.50. The van der Waals surface area contributed by atoms with Crippen molar-refractivity contribution >= 4 is 11.6 Å². The van der Waals surface area contributed by atoms with E-state index < -0.39 is 17.6 Å². The van der Waals surface area contributed by atoms with Crippen molar-refractivity contribution in [2.75, 3.05) is 29.9 Å². The molecule has 0 aliphatic heterocycles. The lowest BCUT2D eigenvalue weighted by atomic mass is 10.1. The minimum atomic E-state index is -4.62. The molecule has 0 spiro atoms. The van der Waals surface area contributed by atoms with Crippen LogP contribution in [0.1, 0.15) is 33.5 Å². The Morgan fingerprint density at radius 3 is 2.29 bits per heavy atom. The number of aromatic nitrogens is 2. The lowest BCUT2D eigenvalue weighted by molar-refractivity contribution is -0.144. The molecule has 8 heteroatoms. The largest absolute Gasteiger partial charge is 0.451 e. The van der Waals surface area contributed by atoms with E-state index in [1.165, 1.54) is 6.07 Å². The Balaban J connectivity index is 3.23. The molecule has 1 aromatic heterocycles. The summed E-state index contributed by atoms with van der Waals surface area (Å²) in [6, 6.07) is 1.45. The first-order valence-corrected chi connectivity index (χ1v) is 6.74. The molecule has 0 aliphatic rings. The second-order valence-electron chi connectivity index (χ2n) is 5.29. The van der Waals surface area contributed by atoms with E-state index in [9.17, 15) is 18.3 Å². The van der Waals surface area contributed by atoms with Gasteiger partial charge < -0.3 is 15.3 Å². The number of aliphatic hydroxyl groups is 1. The molecule has 5 nitrogen and oxygen atoms in total. The van der Waals surface area contributed by atoms with Gasteiger partial charge in [0.1, 0.15) is 11.6 Å². The van der Waals surface area contributed by atoms with Crippen molar-refractivity contribution in [2.45, 2.75) is 39.5 Å². The van der Waals surface area contributed by atoms with E-state index in [4.69, 9.17) is 0 Å². The lowest BCUT2D eigenvalue weighted by Gasteiger charge is -2.29. The van der Waals surface area contributed by atoms with Crippen molar-refractivity contribution in [3.05, 3.63) is 11.9 Å². The molecule has 1 heterocycles. The molecular formula is C13H21F3N4O. The van der Waals surface area contributed by atoms with Gasteiger partial charge in [-0.15, -0.1) is 0 Å². The third-order valence-corrected chi connectivity index (χ3v) is 2.61. The fourth-order valence-corrected chi connectivity index (χ4v) is 1.82. The van der Waals surface area contributed by atoms with Gasteiger partial charge in [-0.1, -0.05) is 0 Å². The van der Waals surface area contributed by atoms with Gasteiger partial charge in [0.15, 0.2) is 0 Å². The smallest absolute Gasteiger partial charge is 0.389 e. The summed E-state index contributed by atoms with van der Waals surface area (Å²) in [6.45, 7) is 7.77. The molecule has 0 saturated heterocycles. The number of nitrogens with zero attached hydrogens (tertiary/aromatic N) is 3. The van der Waals surface area contributed by atoms with Crippen molar-refractivity contribution in [1.29, 1.82) is 0 Å². The van der Waals surface area contributed by atoms with Crippen LogP contribution in [0.15, 0.2) is 6.07 Å².